The molecule has 1 N–H and O–H groups in total. The lowest BCUT2D eigenvalue weighted by Crippen LogP contribution is -2.43. The molecule has 1 amide bonds. The van der Waals surface area contributed by atoms with E-state index in [0.29, 0.717) is 5.69 Å². The zero-order chi connectivity index (χ0) is 19.6. The molecule has 0 radical (unpaired) electrons. The van der Waals surface area contributed by atoms with Crippen molar-refractivity contribution in [3.63, 3.8) is 0 Å². The van der Waals surface area contributed by atoms with Gasteiger partial charge in [-0.2, -0.15) is 0 Å². The Morgan fingerprint density at radius 1 is 1.39 bits per heavy atom. The number of aryl methyl sites for hydroxylation is 1. The van der Waals surface area contributed by atoms with E-state index in [1.165, 1.54) is 5.56 Å². The van der Waals surface area contributed by atoms with Crippen LogP contribution in [0.25, 0.3) is 0 Å². The summed E-state index contributed by atoms with van der Waals surface area (Å²) in [4.78, 5) is 28.2. The third-order valence-electron chi connectivity index (χ3n) is 6.02. The van der Waals surface area contributed by atoms with E-state index in [4.69, 9.17) is 4.74 Å². The summed E-state index contributed by atoms with van der Waals surface area (Å²) in [5.41, 5.74) is 2.03. The Morgan fingerprint density at radius 2 is 2.21 bits per heavy atom. The number of amides is 1. The van der Waals surface area contributed by atoms with Gasteiger partial charge in [0, 0.05) is 38.6 Å². The molecule has 0 bridgehead atoms. The number of likely N-dealkylation sites (N-methyl/N-ethyl adjacent to an activating group) is 1. The van der Waals surface area contributed by atoms with Gasteiger partial charge in [-0.25, -0.2) is 4.98 Å². The molecule has 7 heteroatoms. The SMILES string of the molecule is Cc1ncc(C(=O)N2CCC3(CC2)CO[C@H](CN(C)Cc2cccnc2)C3)[nH]1. The van der Waals surface area contributed by atoms with Gasteiger partial charge in [-0.05, 0) is 50.3 Å². The molecule has 7 nitrogen and oxygen atoms in total. The number of carbonyl (C=O) groups excluding carboxylic acids is 1. The fraction of sp³-hybridized carbons (Fsp3) is 0.571. The number of rotatable bonds is 5. The first-order valence-electron chi connectivity index (χ1n) is 10.0. The third-order valence-corrected chi connectivity index (χ3v) is 6.02. The number of imidazole rings is 1. The minimum Gasteiger partial charge on any atom is -0.376 e. The predicted molar refractivity (Wildman–Crippen MR) is 106 cm³/mol. The van der Waals surface area contributed by atoms with Crippen LogP contribution in [0.2, 0.25) is 0 Å². The lowest BCUT2D eigenvalue weighted by molar-refractivity contribution is 0.0454. The van der Waals surface area contributed by atoms with Crippen molar-refractivity contribution in [1.82, 2.24) is 24.8 Å². The van der Waals surface area contributed by atoms with Gasteiger partial charge >= 0.3 is 0 Å². The minimum atomic E-state index is 0.0575. The van der Waals surface area contributed by atoms with E-state index in [0.717, 1.165) is 57.9 Å². The van der Waals surface area contributed by atoms with Crippen LogP contribution >= 0.6 is 0 Å². The predicted octanol–water partition coefficient (Wildman–Crippen LogP) is 2.26. The summed E-state index contributed by atoms with van der Waals surface area (Å²) in [6.07, 6.45) is 8.71. The second-order valence-electron chi connectivity index (χ2n) is 8.37. The van der Waals surface area contributed by atoms with E-state index in [2.05, 4.69) is 33.0 Å². The fourth-order valence-electron chi connectivity index (χ4n) is 4.46. The van der Waals surface area contributed by atoms with E-state index < -0.39 is 0 Å². The van der Waals surface area contributed by atoms with Crippen LogP contribution in [0.3, 0.4) is 0 Å². The number of ether oxygens (including phenoxy) is 1. The summed E-state index contributed by atoms with van der Waals surface area (Å²) in [6, 6.07) is 4.08. The van der Waals surface area contributed by atoms with Gasteiger partial charge in [0.2, 0.25) is 0 Å². The Labute approximate surface area is 166 Å². The Hall–Kier alpha value is -2.25. The van der Waals surface area contributed by atoms with Gasteiger partial charge in [0.1, 0.15) is 11.5 Å². The molecule has 2 aliphatic rings. The Morgan fingerprint density at radius 3 is 2.89 bits per heavy atom. The van der Waals surface area contributed by atoms with Crippen molar-refractivity contribution in [2.24, 2.45) is 5.41 Å². The van der Waals surface area contributed by atoms with E-state index in [1.54, 1.807) is 12.4 Å². The third kappa shape index (κ3) is 4.25. The number of piperidine rings is 1. The summed E-state index contributed by atoms with van der Waals surface area (Å²) in [5, 5.41) is 0. The van der Waals surface area contributed by atoms with Crippen molar-refractivity contribution in [2.75, 3.05) is 33.3 Å². The Balaban J connectivity index is 1.27. The van der Waals surface area contributed by atoms with Gasteiger partial charge in [-0.15, -0.1) is 0 Å². The van der Waals surface area contributed by atoms with Crippen LogP contribution in [0.15, 0.2) is 30.7 Å². The fourth-order valence-corrected chi connectivity index (χ4v) is 4.46. The lowest BCUT2D eigenvalue weighted by atomic mass is 9.76. The topological polar surface area (TPSA) is 74.4 Å². The average Bonchev–Trinajstić information content (AvgIpc) is 3.29. The summed E-state index contributed by atoms with van der Waals surface area (Å²) >= 11 is 0. The van der Waals surface area contributed by atoms with E-state index >= 15 is 0 Å². The monoisotopic (exact) mass is 383 g/mol. The largest absolute Gasteiger partial charge is 0.376 e. The number of H-pyrrole nitrogens is 1. The highest BCUT2D eigenvalue weighted by Crippen LogP contribution is 2.42. The first-order valence-corrected chi connectivity index (χ1v) is 10.0. The number of aromatic amines is 1. The van der Waals surface area contributed by atoms with Crippen molar-refractivity contribution in [3.8, 4) is 0 Å². The normalized spacial score (nSPS) is 21.5. The molecule has 28 heavy (non-hydrogen) atoms. The molecule has 0 aromatic carbocycles. The van der Waals surface area contributed by atoms with Crippen molar-refractivity contribution >= 4 is 5.91 Å². The molecule has 1 spiro atoms. The number of hydrogen-bond acceptors (Lipinski definition) is 5. The van der Waals surface area contributed by atoms with Crippen LogP contribution < -0.4 is 0 Å². The Kier molecular flexibility index (Phi) is 5.46. The molecule has 1 atom stereocenters. The Bertz CT molecular complexity index is 798. The van der Waals surface area contributed by atoms with Gasteiger partial charge in [-0.1, -0.05) is 6.07 Å². The van der Waals surface area contributed by atoms with Crippen LogP contribution in [-0.2, 0) is 11.3 Å². The molecule has 0 saturated carbocycles. The number of nitrogens with zero attached hydrogens (tertiary/aromatic N) is 4. The summed E-state index contributed by atoms with van der Waals surface area (Å²) in [5.74, 6) is 0.835. The van der Waals surface area contributed by atoms with Crippen LogP contribution in [0.1, 0.15) is 41.1 Å². The van der Waals surface area contributed by atoms with Gasteiger partial charge in [-0.3, -0.25) is 14.7 Å². The van der Waals surface area contributed by atoms with Crippen LogP contribution in [0.5, 0.6) is 0 Å². The summed E-state index contributed by atoms with van der Waals surface area (Å²) in [6.45, 7) is 6.06. The molecule has 2 aromatic heterocycles. The number of likely N-dealkylation sites (tertiary alicyclic amines) is 1. The number of carbonyl (C=O) groups is 1. The highest BCUT2D eigenvalue weighted by molar-refractivity contribution is 5.92. The molecule has 0 unspecified atom stereocenters. The average molecular weight is 383 g/mol. The molecule has 2 fully saturated rings. The smallest absolute Gasteiger partial charge is 0.271 e. The number of pyridine rings is 1. The molecule has 4 rings (SSSR count). The van der Waals surface area contributed by atoms with Gasteiger partial charge in [0.25, 0.3) is 5.91 Å². The zero-order valence-corrected chi connectivity index (χ0v) is 16.7. The number of aromatic nitrogens is 3. The van der Waals surface area contributed by atoms with Crippen molar-refractivity contribution in [2.45, 2.75) is 38.8 Å². The van der Waals surface area contributed by atoms with Crippen LogP contribution in [0.4, 0.5) is 0 Å². The number of nitrogens with one attached hydrogen (secondary N) is 1. The van der Waals surface area contributed by atoms with Crippen LogP contribution in [0, 0.1) is 12.3 Å². The van der Waals surface area contributed by atoms with E-state index in [-0.39, 0.29) is 17.4 Å². The molecular formula is C21H29N5O2. The van der Waals surface area contributed by atoms with Gasteiger partial charge in [0.05, 0.1) is 18.9 Å². The maximum Gasteiger partial charge on any atom is 0.271 e. The highest BCUT2D eigenvalue weighted by atomic mass is 16.5. The molecule has 4 heterocycles. The molecule has 150 valence electrons. The maximum atomic E-state index is 12.6. The minimum absolute atomic E-state index is 0.0575. The maximum absolute atomic E-state index is 12.6. The van der Waals surface area contributed by atoms with Crippen molar-refractivity contribution < 1.29 is 9.53 Å². The highest BCUT2D eigenvalue weighted by Gasteiger charge is 2.43. The quantitative estimate of drug-likeness (QED) is 0.857. The van der Waals surface area contributed by atoms with E-state index in [9.17, 15) is 4.79 Å². The van der Waals surface area contributed by atoms with E-state index in [1.807, 2.05) is 24.1 Å². The first kappa shape index (κ1) is 19.1. The molecule has 2 aliphatic heterocycles. The zero-order valence-electron chi connectivity index (χ0n) is 16.7. The molecule has 2 saturated heterocycles. The second-order valence-corrected chi connectivity index (χ2v) is 8.37. The molecular weight excluding hydrogens is 354 g/mol. The number of hydrogen-bond donors (Lipinski definition) is 1. The standard InChI is InChI=1S/C21H29N5O2/c1-16-23-12-19(24-16)20(27)26-8-5-21(6-9-26)10-18(28-15-21)14-25(2)13-17-4-3-7-22-11-17/h3-4,7,11-12,18H,5-6,8-10,13-15H2,1-2H3,(H,23,24)/t18-/m0/s1. The summed E-state index contributed by atoms with van der Waals surface area (Å²) < 4.78 is 6.16. The van der Waals surface area contributed by atoms with Crippen LogP contribution in [-0.4, -0.2) is 70.1 Å². The lowest BCUT2D eigenvalue weighted by Gasteiger charge is -2.38. The molecule has 0 aliphatic carbocycles. The first-order chi connectivity index (χ1) is 13.5. The van der Waals surface area contributed by atoms with Crippen molar-refractivity contribution in [3.05, 3.63) is 47.8 Å². The second kappa shape index (κ2) is 8.01. The molecule has 2 aromatic rings. The summed E-state index contributed by atoms with van der Waals surface area (Å²) in [7, 11) is 2.13. The van der Waals surface area contributed by atoms with Crippen molar-refractivity contribution in [1.29, 1.82) is 0 Å². The van der Waals surface area contributed by atoms with Gasteiger partial charge < -0.3 is 14.6 Å². The van der Waals surface area contributed by atoms with Gasteiger partial charge in [0.15, 0.2) is 0 Å².